The molecule has 2 aromatic rings. The van der Waals surface area contributed by atoms with Gasteiger partial charge in [0.15, 0.2) is 0 Å². The van der Waals surface area contributed by atoms with Gasteiger partial charge in [-0.25, -0.2) is 4.39 Å². The molecule has 5 nitrogen and oxygen atoms in total. The Bertz CT molecular complexity index is 740. The van der Waals surface area contributed by atoms with Crippen LogP contribution in [-0.2, 0) is 11.3 Å². The summed E-state index contributed by atoms with van der Waals surface area (Å²) >= 11 is 0. The van der Waals surface area contributed by atoms with Crippen LogP contribution in [0.15, 0.2) is 30.3 Å². The van der Waals surface area contributed by atoms with Crippen LogP contribution in [0, 0.1) is 19.7 Å². The molecule has 0 radical (unpaired) electrons. The lowest BCUT2D eigenvalue weighted by Crippen LogP contribution is -2.48. The largest absolute Gasteiger partial charge is 0.368 e. The Morgan fingerprint density at radius 2 is 2.04 bits per heavy atom. The van der Waals surface area contributed by atoms with Crippen LogP contribution in [0.25, 0.3) is 0 Å². The highest BCUT2D eigenvalue weighted by Crippen LogP contribution is 2.30. The average molecular weight is 344 g/mol. The molecule has 1 saturated heterocycles. The molecule has 1 amide bonds. The standard InChI is InChI=1S/C19H25FN4O/c1-13-11-14(2)24(22-13)12-17-5-3-4-10-23(17)18(19(21)25)15-6-8-16(20)9-7-15/h6-9,11,17-18H,3-5,10,12H2,1-2H3,(H2,21,25). The van der Waals surface area contributed by atoms with E-state index in [0.29, 0.717) is 0 Å². The summed E-state index contributed by atoms with van der Waals surface area (Å²) in [4.78, 5) is 14.4. The molecule has 2 unspecified atom stereocenters. The number of carbonyl (C=O) groups excluding carboxylic acids is 1. The Balaban J connectivity index is 1.88. The van der Waals surface area contributed by atoms with E-state index in [1.807, 2.05) is 18.5 Å². The summed E-state index contributed by atoms with van der Waals surface area (Å²) in [5.74, 6) is -0.711. The van der Waals surface area contributed by atoms with Crippen LogP contribution < -0.4 is 5.73 Å². The minimum Gasteiger partial charge on any atom is -0.368 e. The van der Waals surface area contributed by atoms with Crippen molar-refractivity contribution >= 4 is 5.91 Å². The van der Waals surface area contributed by atoms with Gasteiger partial charge in [0.25, 0.3) is 0 Å². The van der Waals surface area contributed by atoms with Crippen molar-refractivity contribution in [3.8, 4) is 0 Å². The number of likely N-dealkylation sites (tertiary alicyclic amines) is 1. The predicted octanol–water partition coefficient (Wildman–Crippen LogP) is 2.72. The van der Waals surface area contributed by atoms with Crippen molar-refractivity contribution < 1.29 is 9.18 Å². The number of benzene rings is 1. The van der Waals surface area contributed by atoms with Crippen LogP contribution in [0.5, 0.6) is 0 Å². The molecule has 1 aliphatic heterocycles. The Morgan fingerprint density at radius 3 is 2.64 bits per heavy atom. The van der Waals surface area contributed by atoms with Crippen molar-refractivity contribution in [2.24, 2.45) is 5.73 Å². The first-order chi connectivity index (χ1) is 12.0. The van der Waals surface area contributed by atoms with Crippen molar-refractivity contribution in [2.45, 2.75) is 51.7 Å². The first-order valence-electron chi connectivity index (χ1n) is 8.77. The maximum absolute atomic E-state index is 13.3. The monoisotopic (exact) mass is 344 g/mol. The first-order valence-corrected chi connectivity index (χ1v) is 8.77. The number of hydrogen-bond acceptors (Lipinski definition) is 3. The predicted molar refractivity (Wildman–Crippen MR) is 94.4 cm³/mol. The zero-order valence-corrected chi connectivity index (χ0v) is 14.8. The summed E-state index contributed by atoms with van der Waals surface area (Å²) < 4.78 is 15.3. The Labute approximate surface area is 147 Å². The van der Waals surface area contributed by atoms with Gasteiger partial charge in [-0.3, -0.25) is 14.4 Å². The van der Waals surface area contributed by atoms with Crippen molar-refractivity contribution in [2.75, 3.05) is 6.54 Å². The highest BCUT2D eigenvalue weighted by molar-refractivity contribution is 5.81. The fourth-order valence-corrected chi connectivity index (χ4v) is 3.78. The number of nitrogens with two attached hydrogens (primary N) is 1. The van der Waals surface area contributed by atoms with E-state index in [9.17, 15) is 9.18 Å². The molecule has 3 rings (SSSR count). The van der Waals surface area contributed by atoms with Gasteiger partial charge in [-0.1, -0.05) is 18.6 Å². The van der Waals surface area contributed by atoms with E-state index in [0.717, 1.165) is 49.3 Å². The lowest BCUT2D eigenvalue weighted by Gasteiger charge is -2.40. The molecule has 2 heterocycles. The number of halogens is 1. The van der Waals surface area contributed by atoms with Crippen molar-refractivity contribution in [3.05, 3.63) is 53.1 Å². The number of primary amides is 1. The number of nitrogens with zero attached hydrogens (tertiary/aromatic N) is 3. The zero-order chi connectivity index (χ0) is 18.0. The van der Waals surface area contributed by atoms with Crippen LogP contribution in [0.1, 0.15) is 42.3 Å². The maximum atomic E-state index is 13.3. The van der Waals surface area contributed by atoms with Gasteiger partial charge < -0.3 is 5.73 Å². The second-order valence-electron chi connectivity index (χ2n) is 6.85. The Morgan fingerprint density at radius 1 is 1.32 bits per heavy atom. The highest BCUT2D eigenvalue weighted by atomic mass is 19.1. The minimum absolute atomic E-state index is 0.175. The van der Waals surface area contributed by atoms with Crippen molar-refractivity contribution in [3.63, 3.8) is 0 Å². The minimum atomic E-state index is -0.539. The quantitative estimate of drug-likeness (QED) is 0.907. The second-order valence-corrected chi connectivity index (χ2v) is 6.85. The van der Waals surface area contributed by atoms with Crippen LogP contribution >= 0.6 is 0 Å². The van der Waals surface area contributed by atoms with Gasteiger partial charge in [0.1, 0.15) is 11.9 Å². The molecule has 1 fully saturated rings. The Hall–Kier alpha value is -2.21. The first kappa shape index (κ1) is 17.6. The number of hydrogen-bond donors (Lipinski definition) is 1. The summed E-state index contributed by atoms with van der Waals surface area (Å²) in [5, 5.41) is 4.55. The van der Waals surface area contributed by atoms with Gasteiger partial charge in [0.2, 0.25) is 5.91 Å². The molecular formula is C19H25FN4O. The van der Waals surface area contributed by atoms with E-state index in [1.165, 1.54) is 12.1 Å². The van der Waals surface area contributed by atoms with Gasteiger partial charge in [-0.15, -0.1) is 0 Å². The number of rotatable bonds is 5. The van der Waals surface area contributed by atoms with E-state index in [-0.39, 0.29) is 11.9 Å². The summed E-state index contributed by atoms with van der Waals surface area (Å²) in [5.41, 5.74) is 8.58. The molecular weight excluding hydrogens is 319 g/mol. The summed E-state index contributed by atoms with van der Waals surface area (Å²) in [7, 11) is 0. The average Bonchev–Trinajstić information content (AvgIpc) is 2.88. The topological polar surface area (TPSA) is 64.2 Å². The van der Waals surface area contributed by atoms with Crippen LogP contribution in [-0.4, -0.2) is 33.2 Å². The normalized spacial score (nSPS) is 19.7. The highest BCUT2D eigenvalue weighted by Gasteiger charge is 2.33. The Kier molecular flexibility index (Phi) is 5.18. The number of carbonyl (C=O) groups is 1. The molecule has 0 spiro atoms. The molecule has 0 bridgehead atoms. The molecule has 0 saturated carbocycles. The third-order valence-electron chi connectivity index (χ3n) is 4.95. The van der Waals surface area contributed by atoms with Crippen molar-refractivity contribution in [1.82, 2.24) is 14.7 Å². The van der Waals surface area contributed by atoms with E-state index >= 15 is 0 Å². The molecule has 1 aromatic heterocycles. The summed E-state index contributed by atoms with van der Waals surface area (Å²) in [6.45, 7) is 5.55. The van der Waals surface area contributed by atoms with E-state index < -0.39 is 11.9 Å². The fraction of sp³-hybridized carbons (Fsp3) is 0.474. The molecule has 134 valence electrons. The van der Waals surface area contributed by atoms with Crippen LogP contribution in [0.2, 0.25) is 0 Å². The van der Waals surface area contributed by atoms with Gasteiger partial charge >= 0.3 is 0 Å². The molecule has 2 atom stereocenters. The van der Waals surface area contributed by atoms with E-state index in [2.05, 4.69) is 16.1 Å². The SMILES string of the molecule is Cc1cc(C)n(CC2CCCCN2C(C(N)=O)c2ccc(F)cc2)n1. The van der Waals surface area contributed by atoms with Gasteiger partial charge in [-0.2, -0.15) is 5.10 Å². The molecule has 1 aliphatic rings. The van der Waals surface area contributed by atoms with Gasteiger partial charge in [-0.05, 0) is 57.0 Å². The van der Waals surface area contributed by atoms with Gasteiger partial charge in [0.05, 0.1) is 12.2 Å². The van der Waals surface area contributed by atoms with E-state index in [4.69, 9.17) is 5.73 Å². The number of piperidine rings is 1. The lowest BCUT2D eigenvalue weighted by molar-refractivity contribution is -0.125. The van der Waals surface area contributed by atoms with Crippen LogP contribution in [0.4, 0.5) is 4.39 Å². The molecule has 25 heavy (non-hydrogen) atoms. The second kappa shape index (κ2) is 7.35. The number of amides is 1. The molecule has 1 aromatic carbocycles. The van der Waals surface area contributed by atoms with Gasteiger partial charge in [0, 0.05) is 11.7 Å². The zero-order valence-electron chi connectivity index (χ0n) is 14.8. The molecule has 0 aliphatic carbocycles. The summed E-state index contributed by atoms with van der Waals surface area (Å²) in [6, 6.07) is 7.76. The lowest BCUT2D eigenvalue weighted by atomic mass is 9.95. The summed E-state index contributed by atoms with van der Waals surface area (Å²) in [6.07, 6.45) is 3.14. The maximum Gasteiger partial charge on any atom is 0.239 e. The molecule has 6 heteroatoms. The number of aryl methyl sites for hydroxylation is 2. The van der Waals surface area contributed by atoms with Crippen LogP contribution in [0.3, 0.4) is 0 Å². The smallest absolute Gasteiger partial charge is 0.239 e. The number of aromatic nitrogens is 2. The van der Waals surface area contributed by atoms with Crippen molar-refractivity contribution in [1.29, 1.82) is 0 Å². The third-order valence-corrected chi connectivity index (χ3v) is 4.95. The third kappa shape index (κ3) is 3.90. The molecule has 2 N–H and O–H groups in total. The fourth-order valence-electron chi connectivity index (χ4n) is 3.78. The van der Waals surface area contributed by atoms with E-state index in [1.54, 1.807) is 12.1 Å².